The lowest BCUT2D eigenvalue weighted by atomic mass is 9.78. The first-order valence-electron chi connectivity index (χ1n) is 11.5. The van der Waals surface area contributed by atoms with Gasteiger partial charge < -0.3 is 15.1 Å². The number of hydrogen-bond acceptors (Lipinski definition) is 5. The Labute approximate surface area is 189 Å². The fourth-order valence-electron chi connectivity index (χ4n) is 4.83. The molecule has 6 heteroatoms. The van der Waals surface area contributed by atoms with E-state index in [-0.39, 0.29) is 11.7 Å². The Morgan fingerprint density at radius 1 is 1.00 bits per heavy atom. The lowest BCUT2D eigenvalue weighted by Crippen LogP contribution is -2.44. The molecule has 1 N–H and O–H groups in total. The number of piperazine rings is 1. The van der Waals surface area contributed by atoms with Crippen molar-refractivity contribution in [1.29, 1.82) is 0 Å². The molecule has 0 amide bonds. The normalized spacial score (nSPS) is 18.8. The highest BCUT2D eigenvalue weighted by Crippen LogP contribution is 2.42. The van der Waals surface area contributed by atoms with Crippen LogP contribution >= 0.6 is 0 Å². The van der Waals surface area contributed by atoms with Crippen molar-refractivity contribution in [3.05, 3.63) is 77.2 Å². The number of fused-ring (bicyclic) bond motifs is 3. The number of nitrogens with one attached hydrogen (secondary N) is 1. The van der Waals surface area contributed by atoms with Gasteiger partial charge in [-0.3, -0.25) is 0 Å². The lowest BCUT2D eigenvalue weighted by Gasteiger charge is -2.32. The second-order valence-electron chi connectivity index (χ2n) is 8.86. The highest BCUT2D eigenvalue weighted by Gasteiger charge is 2.28. The van der Waals surface area contributed by atoms with Crippen molar-refractivity contribution in [2.24, 2.45) is 0 Å². The average molecular weight is 432 g/mol. The Hall–Kier alpha value is -2.83. The van der Waals surface area contributed by atoms with Gasteiger partial charge in [0.05, 0.1) is 5.69 Å². The zero-order valence-corrected chi connectivity index (χ0v) is 18.6. The van der Waals surface area contributed by atoms with Crippen LogP contribution in [-0.4, -0.2) is 66.1 Å². The average Bonchev–Trinajstić information content (AvgIpc) is 2.83. The van der Waals surface area contributed by atoms with Gasteiger partial charge in [-0.1, -0.05) is 42.5 Å². The van der Waals surface area contributed by atoms with E-state index in [0.717, 1.165) is 73.6 Å². The molecule has 3 aromatic rings. The molecule has 1 aliphatic carbocycles. The second-order valence-corrected chi connectivity index (χ2v) is 8.86. The predicted molar refractivity (Wildman–Crippen MR) is 126 cm³/mol. The zero-order chi connectivity index (χ0) is 21.9. The van der Waals surface area contributed by atoms with E-state index in [0.29, 0.717) is 12.4 Å². The summed E-state index contributed by atoms with van der Waals surface area (Å²) in [6.45, 7) is 6.53. The molecule has 1 unspecified atom stereocenters. The molecule has 1 saturated heterocycles. The SMILES string of the molecule is CN1CCN(CCCNc2ncc3c(n2)-c2ccccc2C(c2ccccc2F)C3)CC1. The van der Waals surface area contributed by atoms with Gasteiger partial charge in [-0.25, -0.2) is 14.4 Å². The molecule has 5 nitrogen and oxygen atoms in total. The third-order valence-corrected chi connectivity index (χ3v) is 6.69. The van der Waals surface area contributed by atoms with E-state index >= 15 is 0 Å². The fraction of sp³-hybridized carbons (Fsp3) is 0.385. The zero-order valence-electron chi connectivity index (χ0n) is 18.6. The van der Waals surface area contributed by atoms with Crippen molar-refractivity contribution in [2.75, 3.05) is 51.6 Å². The van der Waals surface area contributed by atoms with Crippen LogP contribution in [0, 0.1) is 5.82 Å². The summed E-state index contributed by atoms with van der Waals surface area (Å²) < 4.78 is 14.6. The maximum absolute atomic E-state index is 14.6. The number of aromatic nitrogens is 2. The third kappa shape index (κ3) is 4.38. The van der Waals surface area contributed by atoms with Gasteiger partial charge in [-0.05, 0) is 49.2 Å². The summed E-state index contributed by atoms with van der Waals surface area (Å²) in [6, 6.07) is 15.3. The minimum Gasteiger partial charge on any atom is -0.354 e. The minimum atomic E-state index is -0.157. The van der Waals surface area contributed by atoms with Crippen LogP contribution in [-0.2, 0) is 6.42 Å². The van der Waals surface area contributed by atoms with Crippen LogP contribution in [0.25, 0.3) is 11.3 Å². The van der Waals surface area contributed by atoms with Crippen LogP contribution in [0.1, 0.15) is 29.0 Å². The Balaban J connectivity index is 1.30. The third-order valence-electron chi connectivity index (χ3n) is 6.69. The Kier molecular flexibility index (Phi) is 6.14. The first kappa shape index (κ1) is 21.0. The number of anilines is 1. The predicted octanol–water partition coefficient (Wildman–Crippen LogP) is 4.02. The smallest absolute Gasteiger partial charge is 0.223 e. The monoisotopic (exact) mass is 431 g/mol. The molecular weight excluding hydrogens is 401 g/mol. The van der Waals surface area contributed by atoms with Crippen molar-refractivity contribution in [1.82, 2.24) is 19.8 Å². The van der Waals surface area contributed by atoms with Gasteiger partial charge in [0, 0.05) is 50.4 Å². The van der Waals surface area contributed by atoms with Gasteiger partial charge in [0.25, 0.3) is 0 Å². The molecular formula is C26H30FN5. The maximum Gasteiger partial charge on any atom is 0.223 e. The highest BCUT2D eigenvalue weighted by atomic mass is 19.1. The summed E-state index contributed by atoms with van der Waals surface area (Å²) >= 11 is 0. The standard InChI is InChI=1S/C26H30FN5/c1-31-13-15-32(16-14-31)12-6-11-28-26-29-18-19-17-23(21-8-4-5-10-24(21)27)20-7-2-3-9-22(20)25(19)30-26/h2-5,7-10,18,23H,6,11-17H2,1H3,(H,28,29,30). The molecule has 2 heterocycles. The van der Waals surface area contributed by atoms with E-state index in [9.17, 15) is 4.39 Å². The molecule has 1 fully saturated rings. The highest BCUT2D eigenvalue weighted by molar-refractivity contribution is 5.72. The van der Waals surface area contributed by atoms with Gasteiger partial charge in [0.15, 0.2) is 0 Å². The minimum absolute atomic E-state index is 0.0223. The van der Waals surface area contributed by atoms with Crippen LogP contribution in [0.3, 0.4) is 0 Å². The molecule has 0 radical (unpaired) electrons. The van der Waals surface area contributed by atoms with E-state index in [1.807, 2.05) is 30.5 Å². The second kappa shape index (κ2) is 9.35. The molecule has 5 rings (SSSR count). The van der Waals surface area contributed by atoms with E-state index in [4.69, 9.17) is 4.98 Å². The maximum atomic E-state index is 14.6. The van der Waals surface area contributed by atoms with Crippen molar-refractivity contribution < 1.29 is 4.39 Å². The van der Waals surface area contributed by atoms with Crippen molar-refractivity contribution in [3.63, 3.8) is 0 Å². The molecule has 2 aromatic carbocycles. The molecule has 1 aromatic heterocycles. The first-order valence-corrected chi connectivity index (χ1v) is 11.5. The van der Waals surface area contributed by atoms with Crippen molar-refractivity contribution in [2.45, 2.75) is 18.8 Å². The number of nitrogens with zero attached hydrogens (tertiary/aromatic N) is 4. The van der Waals surface area contributed by atoms with Gasteiger partial charge in [-0.2, -0.15) is 0 Å². The van der Waals surface area contributed by atoms with Gasteiger partial charge in [0.2, 0.25) is 5.95 Å². The van der Waals surface area contributed by atoms with E-state index in [1.54, 1.807) is 12.1 Å². The lowest BCUT2D eigenvalue weighted by molar-refractivity contribution is 0.154. The van der Waals surface area contributed by atoms with Crippen LogP contribution in [0.15, 0.2) is 54.7 Å². The summed E-state index contributed by atoms with van der Waals surface area (Å²) in [4.78, 5) is 14.3. The van der Waals surface area contributed by atoms with E-state index in [1.165, 1.54) is 0 Å². The molecule has 0 saturated carbocycles. The molecule has 166 valence electrons. The number of halogens is 1. The number of rotatable bonds is 6. The van der Waals surface area contributed by atoms with Crippen LogP contribution in [0.4, 0.5) is 10.3 Å². The van der Waals surface area contributed by atoms with Gasteiger partial charge >= 0.3 is 0 Å². The Morgan fingerprint density at radius 2 is 1.75 bits per heavy atom. The molecule has 1 atom stereocenters. The van der Waals surface area contributed by atoms with Crippen LogP contribution < -0.4 is 5.32 Å². The first-order chi connectivity index (χ1) is 15.7. The molecule has 1 aliphatic heterocycles. The van der Waals surface area contributed by atoms with Crippen LogP contribution in [0.2, 0.25) is 0 Å². The van der Waals surface area contributed by atoms with Gasteiger partial charge in [-0.15, -0.1) is 0 Å². The number of hydrogen-bond donors (Lipinski definition) is 1. The Morgan fingerprint density at radius 3 is 2.56 bits per heavy atom. The summed E-state index contributed by atoms with van der Waals surface area (Å²) in [7, 11) is 2.18. The van der Waals surface area contributed by atoms with Gasteiger partial charge in [0.1, 0.15) is 5.82 Å². The fourth-order valence-corrected chi connectivity index (χ4v) is 4.83. The largest absolute Gasteiger partial charge is 0.354 e. The van der Waals surface area contributed by atoms with E-state index in [2.05, 4.69) is 39.3 Å². The van der Waals surface area contributed by atoms with Crippen molar-refractivity contribution >= 4 is 5.95 Å². The molecule has 0 spiro atoms. The number of benzene rings is 2. The Bertz CT molecular complexity index is 1080. The molecule has 2 aliphatic rings. The summed E-state index contributed by atoms with van der Waals surface area (Å²) in [5.41, 5.74) is 4.97. The molecule has 32 heavy (non-hydrogen) atoms. The quantitative estimate of drug-likeness (QED) is 0.598. The van der Waals surface area contributed by atoms with E-state index < -0.39 is 0 Å². The number of likely N-dealkylation sites (N-methyl/N-ethyl adjacent to an activating group) is 1. The summed E-state index contributed by atoms with van der Waals surface area (Å²) in [6.07, 6.45) is 3.68. The topological polar surface area (TPSA) is 44.3 Å². The summed E-state index contributed by atoms with van der Waals surface area (Å²) in [5.74, 6) is 0.488. The van der Waals surface area contributed by atoms with Crippen molar-refractivity contribution in [3.8, 4) is 11.3 Å². The molecule has 0 bridgehead atoms. The van der Waals surface area contributed by atoms with Crippen LogP contribution in [0.5, 0.6) is 0 Å². The summed E-state index contributed by atoms with van der Waals surface area (Å²) in [5, 5.41) is 3.41.